The third kappa shape index (κ3) is 4.55. The van der Waals surface area contributed by atoms with Crippen molar-refractivity contribution in [3.05, 3.63) is 119 Å². The van der Waals surface area contributed by atoms with E-state index in [0.717, 1.165) is 5.56 Å². The van der Waals surface area contributed by atoms with E-state index >= 15 is 0 Å². The Labute approximate surface area is 219 Å². The third-order valence-electron chi connectivity index (χ3n) is 6.16. The molecule has 0 aliphatic carbocycles. The van der Waals surface area contributed by atoms with Crippen LogP contribution in [0.15, 0.2) is 113 Å². The molecule has 4 aromatic carbocycles. The van der Waals surface area contributed by atoms with E-state index in [4.69, 9.17) is 9.84 Å². The maximum atomic E-state index is 14.3. The number of para-hydroxylation sites is 1. The predicted molar refractivity (Wildman–Crippen MR) is 144 cm³/mol. The highest BCUT2D eigenvalue weighted by Crippen LogP contribution is 2.41. The number of non-ortho nitro benzene ring substituents is 1. The van der Waals surface area contributed by atoms with Gasteiger partial charge in [-0.25, -0.2) is 13.1 Å². The smallest absolute Gasteiger partial charge is 0.269 e. The number of methoxy groups -OCH3 is 1. The molecule has 0 fully saturated rings. The van der Waals surface area contributed by atoms with Gasteiger partial charge in [0.1, 0.15) is 16.3 Å². The van der Waals surface area contributed by atoms with Gasteiger partial charge < -0.3 is 4.74 Å². The molecule has 38 heavy (non-hydrogen) atoms. The number of benzene rings is 4. The van der Waals surface area contributed by atoms with Crippen molar-refractivity contribution < 1.29 is 18.1 Å². The number of nitrogens with zero attached hydrogens (tertiary/aromatic N) is 3. The molecule has 0 aliphatic heterocycles. The molecule has 0 atom stereocenters. The average molecular weight is 526 g/mol. The molecule has 190 valence electrons. The van der Waals surface area contributed by atoms with Crippen LogP contribution in [0.25, 0.3) is 28.2 Å². The monoisotopic (exact) mass is 525 g/mol. The summed E-state index contributed by atoms with van der Waals surface area (Å²) in [5.41, 5.74) is 3.07. The first-order valence-electron chi connectivity index (χ1n) is 11.7. The summed E-state index contributed by atoms with van der Waals surface area (Å²) >= 11 is 0. The molecule has 1 aromatic heterocycles. The lowest BCUT2D eigenvalue weighted by Gasteiger charge is -2.12. The highest BCUT2D eigenvalue weighted by Gasteiger charge is 2.32. The maximum Gasteiger partial charge on any atom is 0.269 e. The van der Waals surface area contributed by atoms with Gasteiger partial charge >= 0.3 is 0 Å². The maximum absolute atomic E-state index is 14.3. The van der Waals surface area contributed by atoms with Gasteiger partial charge in [0.25, 0.3) is 5.69 Å². The van der Waals surface area contributed by atoms with Crippen molar-refractivity contribution in [2.75, 3.05) is 7.11 Å². The number of sulfone groups is 1. The summed E-state index contributed by atoms with van der Waals surface area (Å²) in [5, 5.41) is 16.1. The molecule has 0 spiro atoms. The fraction of sp³-hybridized carbons (Fsp3) is 0.0690. The fourth-order valence-corrected chi connectivity index (χ4v) is 5.78. The molecule has 0 saturated heterocycles. The Kier molecular flexibility index (Phi) is 6.52. The summed E-state index contributed by atoms with van der Waals surface area (Å²) in [4.78, 5) is 10.9. The highest BCUT2D eigenvalue weighted by atomic mass is 32.2. The van der Waals surface area contributed by atoms with Crippen LogP contribution >= 0.6 is 0 Å². The van der Waals surface area contributed by atoms with Crippen molar-refractivity contribution in [2.24, 2.45) is 0 Å². The first-order chi connectivity index (χ1) is 18.3. The quantitative estimate of drug-likeness (QED) is 0.183. The fourth-order valence-electron chi connectivity index (χ4n) is 4.18. The SMILES string of the molecule is COc1ccc(-c2nn(-c3ccccc3)c(-c3ccc([N+](=O)[O-])cc3)c2S(=O)(=O)c2ccc(C)cc2)cc1. The Morgan fingerprint density at radius 2 is 1.42 bits per heavy atom. The topological polar surface area (TPSA) is 104 Å². The second kappa shape index (κ2) is 9.95. The van der Waals surface area contributed by atoms with Crippen LogP contribution in [0, 0.1) is 17.0 Å². The van der Waals surface area contributed by atoms with E-state index < -0.39 is 14.8 Å². The Bertz CT molecular complexity index is 1710. The highest BCUT2D eigenvalue weighted by molar-refractivity contribution is 7.91. The van der Waals surface area contributed by atoms with Crippen LogP contribution in [-0.2, 0) is 9.84 Å². The molecule has 0 radical (unpaired) electrons. The summed E-state index contributed by atoms with van der Waals surface area (Å²) in [6.07, 6.45) is 0. The van der Waals surface area contributed by atoms with Gasteiger partial charge in [0.2, 0.25) is 9.84 Å². The zero-order valence-electron chi connectivity index (χ0n) is 20.6. The number of hydrogen-bond donors (Lipinski definition) is 0. The number of hydrogen-bond acceptors (Lipinski definition) is 6. The van der Waals surface area contributed by atoms with E-state index in [0.29, 0.717) is 28.3 Å². The number of aromatic nitrogens is 2. The Morgan fingerprint density at radius 3 is 2.00 bits per heavy atom. The van der Waals surface area contributed by atoms with Crippen LogP contribution in [0.2, 0.25) is 0 Å². The van der Waals surface area contributed by atoms with Crippen molar-refractivity contribution in [1.82, 2.24) is 9.78 Å². The van der Waals surface area contributed by atoms with Crippen molar-refractivity contribution in [3.8, 4) is 34.0 Å². The number of ether oxygens (including phenoxy) is 1. The van der Waals surface area contributed by atoms with Crippen molar-refractivity contribution in [1.29, 1.82) is 0 Å². The lowest BCUT2D eigenvalue weighted by molar-refractivity contribution is -0.384. The zero-order chi connectivity index (χ0) is 26.9. The number of aryl methyl sites for hydroxylation is 1. The normalized spacial score (nSPS) is 11.3. The van der Waals surface area contributed by atoms with Crippen LogP contribution in [0.1, 0.15) is 5.56 Å². The molecule has 1 heterocycles. The van der Waals surface area contributed by atoms with Crippen LogP contribution in [-0.4, -0.2) is 30.2 Å². The van der Waals surface area contributed by atoms with Crippen molar-refractivity contribution >= 4 is 15.5 Å². The zero-order valence-corrected chi connectivity index (χ0v) is 21.4. The van der Waals surface area contributed by atoms with Gasteiger partial charge in [0.05, 0.1) is 28.3 Å². The standard InChI is InChI=1S/C29H23N3O5S/c1-20-8-18-26(19-9-20)38(35,36)29-27(21-12-16-25(37-2)17-13-21)30-31(23-6-4-3-5-7-23)28(29)22-10-14-24(15-11-22)32(33)34/h3-19H,1-2H3. The van der Waals surface area contributed by atoms with E-state index in [9.17, 15) is 18.5 Å². The van der Waals surface area contributed by atoms with Crippen molar-refractivity contribution in [3.63, 3.8) is 0 Å². The van der Waals surface area contributed by atoms with Crippen LogP contribution in [0.3, 0.4) is 0 Å². The summed E-state index contributed by atoms with van der Waals surface area (Å²) in [6.45, 7) is 1.88. The summed E-state index contributed by atoms with van der Waals surface area (Å²) in [5.74, 6) is 0.620. The number of nitro benzene ring substituents is 1. The number of rotatable bonds is 7. The van der Waals surface area contributed by atoms with Gasteiger partial charge in [-0.1, -0.05) is 35.9 Å². The third-order valence-corrected chi connectivity index (χ3v) is 7.97. The summed E-state index contributed by atoms with van der Waals surface area (Å²) in [7, 11) is -2.54. The summed E-state index contributed by atoms with van der Waals surface area (Å²) in [6, 6.07) is 28.6. The lowest BCUT2D eigenvalue weighted by atomic mass is 10.1. The second-order valence-corrected chi connectivity index (χ2v) is 10.5. The minimum absolute atomic E-state index is 0.00391. The molecular formula is C29H23N3O5S. The average Bonchev–Trinajstić information content (AvgIpc) is 3.35. The molecule has 8 nitrogen and oxygen atoms in total. The lowest BCUT2D eigenvalue weighted by Crippen LogP contribution is -2.06. The van der Waals surface area contributed by atoms with E-state index in [1.807, 2.05) is 37.3 Å². The van der Waals surface area contributed by atoms with Gasteiger partial charge in [0.15, 0.2) is 0 Å². The van der Waals surface area contributed by atoms with Crippen LogP contribution in [0.5, 0.6) is 5.75 Å². The van der Waals surface area contributed by atoms with Gasteiger partial charge in [-0.15, -0.1) is 0 Å². The summed E-state index contributed by atoms with van der Waals surface area (Å²) < 4.78 is 35.4. The molecule has 5 aromatic rings. The molecule has 0 aliphatic rings. The van der Waals surface area contributed by atoms with Gasteiger partial charge in [-0.3, -0.25) is 10.1 Å². The molecule has 0 N–H and O–H groups in total. The molecule has 0 amide bonds. The van der Waals surface area contributed by atoms with Gasteiger partial charge in [-0.05, 0) is 67.6 Å². The van der Waals surface area contributed by atoms with Crippen LogP contribution in [0.4, 0.5) is 5.69 Å². The first-order valence-corrected chi connectivity index (χ1v) is 13.2. The minimum atomic E-state index is -4.09. The molecule has 0 unspecified atom stereocenters. The first kappa shape index (κ1) is 24.9. The Morgan fingerprint density at radius 1 is 0.816 bits per heavy atom. The Balaban J connectivity index is 1.87. The minimum Gasteiger partial charge on any atom is -0.497 e. The predicted octanol–water partition coefficient (Wildman–Crippen LogP) is 6.26. The van der Waals surface area contributed by atoms with E-state index in [1.54, 1.807) is 72.5 Å². The Hall–Kier alpha value is -4.76. The van der Waals surface area contributed by atoms with E-state index in [1.165, 1.54) is 12.1 Å². The number of nitro groups is 1. The molecule has 5 rings (SSSR count). The molecule has 0 saturated carbocycles. The molecular weight excluding hydrogens is 502 g/mol. The van der Waals surface area contributed by atoms with E-state index in [-0.39, 0.29) is 21.2 Å². The van der Waals surface area contributed by atoms with Crippen LogP contribution < -0.4 is 4.74 Å². The molecule has 9 heteroatoms. The van der Waals surface area contributed by atoms with Gasteiger partial charge in [0, 0.05) is 23.3 Å². The molecule has 0 bridgehead atoms. The van der Waals surface area contributed by atoms with Gasteiger partial charge in [-0.2, -0.15) is 5.10 Å². The van der Waals surface area contributed by atoms with E-state index in [2.05, 4.69) is 0 Å². The largest absolute Gasteiger partial charge is 0.497 e. The van der Waals surface area contributed by atoms with Crippen molar-refractivity contribution in [2.45, 2.75) is 16.7 Å². The second-order valence-electron chi connectivity index (χ2n) is 8.62.